The van der Waals surface area contributed by atoms with Crippen molar-refractivity contribution in [2.24, 2.45) is 0 Å². The third kappa shape index (κ3) is 2.22. The van der Waals surface area contributed by atoms with Gasteiger partial charge in [-0.3, -0.25) is 0 Å². The van der Waals surface area contributed by atoms with Crippen molar-refractivity contribution >= 4 is 21.6 Å². The van der Waals surface area contributed by atoms with Gasteiger partial charge in [0.2, 0.25) is 5.88 Å². The number of hydrogen-bond acceptors (Lipinski definition) is 4. The summed E-state index contributed by atoms with van der Waals surface area (Å²) in [6.07, 6.45) is 0. The van der Waals surface area contributed by atoms with Gasteiger partial charge in [-0.2, -0.15) is 9.61 Å². The topological polar surface area (TPSA) is 72.3 Å². The summed E-state index contributed by atoms with van der Waals surface area (Å²) in [5, 5.41) is 9.94. The van der Waals surface area contributed by atoms with E-state index in [-0.39, 0.29) is 11.6 Å². The second kappa shape index (κ2) is 4.47. The van der Waals surface area contributed by atoms with E-state index in [4.69, 9.17) is 4.74 Å². The minimum atomic E-state index is -0.473. The maximum atomic E-state index is 13.1. The van der Waals surface area contributed by atoms with Gasteiger partial charge in [0, 0.05) is 12.1 Å². The van der Waals surface area contributed by atoms with Gasteiger partial charge in [0.05, 0.1) is 4.47 Å². The number of hydrogen-bond donors (Lipinski definition) is 1. The molecule has 8 heteroatoms. The summed E-state index contributed by atoms with van der Waals surface area (Å²) in [7, 11) is 0. The third-order valence-corrected chi connectivity index (χ3v) is 3.01. The van der Waals surface area contributed by atoms with Gasteiger partial charge in [-0.25, -0.2) is 14.3 Å². The molecule has 1 N–H and O–H groups in total. The minimum Gasteiger partial charge on any atom is -0.436 e. The predicted molar refractivity (Wildman–Crippen MR) is 67.8 cm³/mol. The molecule has 0 saturated heterocycles. The maximum absolute atomic E-state index is 13.1. The van der Waals surface area contributed by atoms with Crippen LogP contribution >= 0.6 is 15.9 Å². The number of fused-ring (bicyclic) bond motifs is 1. The zero-order valence-corrected chi connectivity index (χ0v) is 10.9. The molecule has 0 atom stereocenters. The first-order valence-corrected chi connectivity index (χ1v) is 6.00. The molecule has 0 radical (unpaired) electrons. The molecule has 0 bridgehead atoms. The van der Waals surface area contributed by atoms with Crippen molar-refractivity contribution in [3.63, 3.8) is 0 Å². The smallest absolute Gasteiger partial charge is 0.364 e. The number of nitrogens with one attached hydrogen (secondary N) is 1. The van der Waals surface area contributed by atoms with Crippen LogP contribution in [0.25, 0.3) is 5.65 Å². The van der Waals surface area contributed by atoms with Crippen molar-refractivity contribution in [3.05, 3.63) is 51.1 Å². The summed E-state index contributed by atoms with van der Waals surface area (Å²) in [4.78, 5) is 11.4. The molecule has 19 heavy (non-hydrogen) atoms. The molecular formula is C11H6BrFN4O2. The normalized spacial score (nSPS) is 10.8. The van der Waals surface area contributed by atoms with Crippen molar-refractivity contribution in [3.8, 4) is 11.6 Å². The van der Waals surface area contributed by atoms with Crippen LogP contribution in [0.3, 0.4) is 0 Å². The average molecular weight is 325 g/mol. The summed E-state index contributed by atoms with van der Waals surface area (Å²) < 4.78 is 20.2. The van der Waals surface area contributed by atoms with Gasteiger partial charge < -0.3 is 4.74 Å². The molecule has 0 amide bonds. The standard InChI is InChI=1S/C11H6BrFN4O2/c12-7-2-1-6(13)5-8(7)19-10-4-3-9-14-15-11(18)17(9)16-10/h1-5H,(H,15,18). The fraction of sp³-hybridized carbons (Fsp3) is 0. The SMILES string of the molecule is O=c1[nH]nc2ccc(Oc3cc(F)ccc3Br)nn12. The summed E-state index contributed by atoms with van der Waals surface area (Å²) in [6, 6.07) is 7.13. The van der Waals surface area contributed by atoms with Crippen LogP contribution in [-0.4, -0.2) is 19.8 Å². The molecule has 3 rings (SSSR count). The zero-order chi connectivity index (χ0) is 13.4. The molecule has 2 aromatic heterocycles. The van der Waals surface area contributed by atoms with E-state index in [9.17, 15) is 9.18 Å². The fourth-order valence-electron chi connectivity index (χ4n) is 1.51. The fourth-order valence-corrected chi connectivity index (χ4v) is 1.84. The summed E-state index contributed by atoms with van der Waals surface area (Å²) in [5.74, 6) is -0.00884. The maximum Gasteiger partial charge on any atom is 0.364 e. The van der Waals surface area contributed by atoms with Crippen LogP contribution in [0.2, 0.25) is 0 Å². The summed E-state index contributed by atoms with van der Waals surface area (Å²) in [6.45, 7) is 0. The highest BCUT2D eigenvalue weighted by atomic mass is 79.9. The van der Waals surface area contributed by atoms with Gasteiger partial charge in [0.1, 0.15) is 11.6 Å². The van der Waals surface area contributed by atoms with Crippen molar-refractivity contribution < 1.29 is 9.13 Å². The van der Waals surface area contributed by atoms with Crippen LogP contribution in [0.4, 0.5) is 4.39 Å². The minimum absolute atomic E-state index is 0.155. The lowest BCUT2D eigenvalue weighted by Gasteiger charge is -2.06. The van der Waals surface area contributed by atoms with Crippen molar-refractivity contribution in [1.82, 2.24) is 19.8 Å². The number of ether oxygens (including phenoxy) is 1. The number of rotatable bonds is 2. The molecule has 2 heterocycles. The van der Waals surface area contributed by atoms with E-state index < -0.39 is 11.5 Å². The molecule has 1 aromatic carbocycles. The highest BCUT2D eigenvalue weighted by molar-refractivity contribution is 9.10. The Labute approximate surface area is 114 Å². The monoisotopic (exact) mass is 324 g/mol. The Morgan fingerprint density at radius 3 is 3.00 bits per heavy atom. The number of aromatic nitrogens is 4. The molecule has 0 spiro atoms. The van der Waals surface area contributed by atoms with Crippen molar-refractivity contribution in [1.29, 1.82) is 0 Å². The Morgan fingerprint density at radius 2 is 2.16 bits per heavy atom. The molecule has 96 valence electrons. The van der Waals surface area contributed by atoms with Gasteiger partial charge in [-0.1, -0.05) is 0 Å². The summed E-state index contributed by atoms with van der Waals surface area (Å²) in [5.41, 5.74) is -0.102. The molecule has 3 aromatic rings. The molecule has 0 aliphatic heterocycles. The number of aromatic amines is 1. The van der Waals surface area contributed by atoms with Gasteiger partial charge in [-0.15, -0.1) is 5.10 Å². The zero-order valence-electron chi connectivity index (χ0n) is 9.30. The van der Waals surface area contributed by atoms with Crippen molar-refractivity contribution in [2.75, 3.05) is 0 Å². The van der Waals surface area contributed by atoms with E-state index in [0.29, 0.717) is 10.1 Å². The highest BCUT2D eigenvalue weighted by Crippen LogP contribution is 2.29. The van der Waals surface area contributed by atoms with Gasteiger partial charge in [0.15, 0.2) is 5.65 Å². The molecule has 0 unspecified atom stereocenters. The van der Waals surface area contributed by atoms with Crippen molar-refractivity contribution in [2.45, 2.75) is 0 Å². The van der Waals surface area contributed by atoms with Crippen LogP contribution in [0, 0.1) is 5.82 Å². The van der Waals surface area contributed by atoms with E-state index in [2.05, 4.69) is 31.2 Å². The Kier molecular flexibility index (Phi) is 2.79. The molecule has 0 saturated carbocycles. The van der Waals surface area contributed by atoms with Crippen LogP contribution in [0.1, 0.15) is 0 Å². The predicted octanol–water partition coefficient (Wildman–Crippen LogP) is 2.11. The second-order valence-corrected chi connectivity index (χ2v) is 4.50. The van der Waals surface area contributed by atoms with Gasteiger partial charge in [0.25, 0.3) is 0 Å². The highest BCUT2D eigenvalue weighted by Gasteiger charge is 2.08. The summed E-state index contributed by atoms with van der Waals surface area (Å²) >= 11 is 3.24. The Morgan fingerprint density at radius 1 is 1.32 bits per heavy atom. The van der Waals surface area contributed by atoms with Crippen LogP contribution in [-0.2, 0) is 0 Å². The Balaban J connectivity index is 2.03. The number of benzene rings is 1. The molecular weight excluding hydrogens is 319 g/mol. The molecule has 0 aliphatic carbocycles. The van der Waals surface area contributed by atoms with E-state index in [1.807, 2.05) is 0 Å². The first kappa shape index (κ1) is 11.8. The molecule has 0 aliphatic rings. The van der Waals surface area contributed by atoms with Crippen LogP contribution in [0.15, 0.2) is 39.6 Å². The van der Waals surface area contributed by atoms with Gasteiger partial charge >= 0.3 is 5.69 Å². The van der Waals surface area contributed by atoms with Crippen LogP contribution in [0.5, 0.6) is 11.6 Å². The lowest BCUT2D eigenvalue weighted by Crippen LogP contribution is -2.12. The Bertz CT molecular complexity index is 814. The van der Waals surface area contributed by atoms with E-state index >= 15 is 0 Å². The number of halogens is 2. The first-order chi connectivity index (χ1) is 9.13. The van der Waals surface area contributed by atoms with E-state index in [1.165, 1.54) is 24.3 Å². The largest absolute Gasteiger partial charge is 0.436 e. The lowest BCUT2D eigenvalue weighted by molar-refractivity contribution is 0.444. The number of nitrogens with zero attached hydrogens (tertiary/aromatic N) is 3. The molecule has 0 fully saturated rings. The quantitative estimate of drug-likeness (QED) is 0.783. The van der Waals surface area contributed by atoms with Crippen LogP contribution < -0.4 is 10.4 Å². The first-order valence-electron chi connectivity index (χ1n) is 5.21. The second-order valence-electron chi connectivity index (χ2n) is 3.65. The van der Waals surface area contributed by atoms with Gasteiger partial charge in [-0.05, 0) is 34.1 Å². The average Bonchev–Trinajstić information content (AvgIpc) is 2.76. The molecule has 6 nitrogen and oxygen atoms in total. The lowest BCUT2D eigenvalue weighted by atomic mass is 10.3. The Hall–Kier alpha value is -2.22. The number of H-pyrrole nitrogens is 1. The third-order valence-electron chi connectivity index (χ3n) is 2.36. The van der Waals surface area contributed by atoms with E-state index in [0.717, 1.165) is 4.52 Å². The van der Waals surface area contributed by atoms with E-state index in [1.54, 1.807) is 6.07 Å².